The fourth-order valence-electron chi connectivity index (χ4n) is 2.42. The van der Waals surface area contributed by atoms with Crippen molar-refractivity contribution in [2.24, 2.45) is 5.92 Å². The summed E-state index contributed by atoms with van der Waals surface area (Å²) in [5.74, 6) is 1.80. The van der Waals surface area contributed by atoms with Gasteiger partial charge in [-0.2, -0.15) is 0 Å². The smallest absolute Gasteiger partial charge is 0.169 e. The zero-order valence-corrected chi connectivity index (χ0v) is 12.2. The van der Waals surface area contributed by atoms with Gasteiger partial charge in [-0.3, -0.25) is 4.90 Å². The number of hydrogen-bond acceptors (Lipinski definition) is 3. The highest BCUT2D eigenvalue weighted by Crippen LogP contribution is 2.25. The average Bonchev–Trinajstić information content (AvgIpc) is 2.76. The Morgan fingerprint density at radius 2 is 2.41 bits per heavy atom. The maximum absolute atomic E-state index is 5.61. The third kappa shape index (κ3) is 3.57. The lowest BCUT2D eigenvalue weighted by Crippen LogP contribution is -2.37. The van der Waals surface area contributed by atoms with E-state index in [-0.39, 0.29) is 0 Å². The molecule has 1 aromatic rings. The molecule has 17 heavy (non-hydrogen) atoms. The summed E-state index contributed by atoms with van der Waals surface area (Å²) in [5.41, 5.74) is 0. The van der Waals surface area contributed by atoms with Gasteiger partial charge >= 0.3 is 0 Å². The van der Waals surface area contributed by atoms with Crippen molar-refractivity contribution in [1.82, 2.24) is 10.2 Å². The zero-order chi connectivity index (χ0) is 12.3. The maximum Gasteiger partial charge on any atom is 0.169 e. The molecule has 0 aliphatic carbocycles. The first-order valence-electron chi connectivity index (χ1n) is 6.33. The maximum atomic E-state index is 5.61. The molecule has 0 amide bonds. The molecular formula is C13H21BrN2O. The minimum atomic E-state index is 0.336. The normalized spacial score (nSPS) is 22.9. The van der Waals surface area contributed by atoms with E-state index in [4.69, 9.17) is 4.42 Å². The van der Waals surface area contributed by atoms with Crippen LogP contribution in [0.5, 0.6) is 0 Å². The second-order valence-electron chi connectivity index (χ2n) is 4.97. The average molecular weight is 301 g/mol. The van der Waals surface area contributed by atoms with Crippen LogP contribution in [0.1, 0.15) is 31.6 Å². The number of furan rings is 1. The molecule has 2 rings (SSSR count). The number of piperidine rings is 1. The molecule has 0 radical (unpaired) electrons. The van der Waals surface area contributed by atoms with Gasteiger partial charge in [-0.15, -0.1) is 0 Å². The summed E-state index contributed by atoms with van der Waals surface area (Å²) in [4.78, 5) is 2.38. The SMILES string of the molecule is CC(c1ccc(Br)o1)N(C)CC1CCCNC1. The Balaban J connectivity index is 1.88. The van der Waals surface area contributed by atoms with Crippen molar-refractivity contribution >= 4 is 15.9 Å². The Labute approximate surface area is 112 Å². The molecule has 0 aromatic carbocycles. The van der Waals surface area contributed by atoms with Gasteiger partial charge in [0.1, 0.15) is 5.76 Å². The van der Waals surface area contributed by atoms with Crippen LogP contribution in [-0.4, -0.2) is 31.6 Å². The molecule has 1 saturated heterocycles. The van der Waals surface area contributed by atoms with E-state index in [0.717, 1.165) is 29.4 Å². The van der Waals surface area contributed by atoms with E-state index in [1.807, 2.05) is 12.1 Å². The van der Waals surface area contributed by atoms with Crippen molar-refractivity contribution in [3.8, 4) is 0 Å². The molecule has 1 aliphatic rings. The van der Waals surface area contributed by atoms with Crippen molar-refractivity contribution in [1.29, 1.82) is 0 Å². The van der Waals surface area contributed by atoms with Gasteiger partial charge in [0.15, 0.2) is 4.67 Å². The highest BCUT2D eigenvalue weighted by atomic mass is 79.9. The molecule has 2 heterocycles. The molecule has 1 aliphatic heterocycles. The summed E-state index contributed by atoms with van der Waals surface area (Å²) in [6, 6.07) is 4.34. The van der Waals surface area contributed by atoms with E-state index in [9.17, 15) is 0 Å². The quantitative estimate of drug-likeness (QED) is 0.926. The summed E-state index contributed by atoms with van der Waals surface area (Å²) in [6.07, 6.45) is 2.64. The molecule has 3 nitrogen and oxygen atoms in total. The van der Waals surface area contributed by atoms with Gasteiger partial charge in [-0.1, -0.05) is 0 Å². The van der Waals surface area contributed by atoms with E-state index in [1.54, 1.807) is 0 Å². The predicted molar refractivity (Wildman–Crippen MR) is 73.0 cm³/mol. The number of nitrogens with zero attached hydrogens (tertiary/aromatic N) is 1. The van der Waals surface area contributed by atoms with Crippen LogP contribution in [0.2, 0.25) is 0 Å². The molecule has 4 heteroatoms. The molecule has 2 atom stereocenters. The molecule has 0 bridgehead atoms. The van der Waals surface area contributed by atoms with Crippen LogP contribution in [0.4, 0.5) is 0 Å². The Hall–Kier alpha value is -0.320. The van der Waals surface area contributed by atoms with Crippen LogP contribution in [0.15, 0.2) is 21.2 Å². The first kappa shape index (κ1) is 13.1. The van der Waals surface area contributed by atoms with E-state index in [2.05, 4.69) is 40.1 Å². The number of halogens is 1. The van der Waals surface area contributed by atoms with E-state index < -0.39 is 0 Å². The number of rotatable bonds is 4. The minimum Gasteiger partial charge on any atom is -0.453 e. The summed E-state index contributed by atoms with van der Waals surface area (Å²) in [6.45, 7) is 5.66. The van der Waals surface area contributed by atoms with E-state index in [0.29, 0.717) is 6.04 Å². The number of nitrogens with one attached hydrogen (secondary N) is 1. The van der Waals surface area contributed by atoms with Gasteiger partial charge in [-0.05, 0) is 73.9 Å². The molecule has 0 saturated carbocycles. The third-order valence-corrected chi connectivity index (χ3v) is 4.04. The van der Waals surface area contributed by atoms with Gasteiger partial charge in [0, 0.05) is 6.54 Å². The Morgan fingerprint density at radius 3 is 3.00 bits per heavy atom. The van der Waals surface area contributed by atoms with E-state index in [1.165, 1.54) is 19.4 Å². The highest BCUT2D eigenvalue weighted by Gasteiger charge is 2.20. The lowest BCUT2D eigenvalue weighted by molar-refractivity contribution is 0.181. The van der Waals surface area contributed by atoms with Crippen molar-refractivity contribution in [2.45, 2.75) is 25.8 Å². The van der Waals surface area contributed by atoms with Crippen LogP contribution < -0.4 is 5.32 Å². The van der Waals surface area contributed by atoms with Gasteiger partial charge in [0.2, 0.25) is 0 Å². The second kappa shape index (κ2) is 6.03. The van der Waals surface area contributed by atoms with Crippen LogP contribution in [-0.2, 0) is 0 Å². The third-order valence-electron chi connectivity index (χ3n) is 3.61. The minimum absolute atomic E-state index is 0.336. The molecule has 2 unspecified atom stereocenters. The van der Waals surface area contributed by atoms with Gasteiger partial charge in [0.05, 0.1) is 6.04 Å². The van der Waals surface area contributed by atoms with Crippen molar-refractivity contribution in [2.75, 3.05) is 26.7 Å². The highest BCUT2D eigenvalue weighted by molar-refractivity contribution is 9.10. The second-order valence-corrected chi connectivity index (χ2v) is 5.75. The standard InChI is InChI=1S/C13H21BrN2O/c1-10(12-5-6-13(14)17-12)16(2)9-11-4-3-7-15-8-11/h5-6,10-11,15H,3-4,7-9H2,1-2H3. The van der Waals surface area contributed by atoms with Crippen LogP contribution in [0, 0.1) is 5.92 Å². The summed E-state index contributed by atoms with van der Waals surface area (Å²) in [7, 11) is 2.18. The molecule has 1 N–H and O–H groups in total. The topological polar surface area (TPSA) is 28.4 Å². The molecule has 1 fully saturated rings. The van der Waals surface area contributed by atoms with Crippen LogP contribution in [0.25, 0.3) is 0 Å². The predicted octanol–water partition coefficient (Wildman–Crippen LogP) is 3.03. The summed E-state index contributed by atoms with van der Waals surface area (Å²) < 4.78 is 6.43. The van der Waals surface area contributed by atoms with Gasteiger partial charge in [0.25, 0.3) is 0 Å². The van der Waals surface area contributed by atoms with E-state index >= 15 is 0 Å². The monoisotopic (exact) mass is 300 g/mol. The fraction of sp³-hybridized carbons (Fsp3) is 0.692. The zero-order valence-electron chi connectivity index (χ0n) is 10.6. The Bertz CT molecular complexity index is 347. The summed E-state index contributed by atoms with van der Waals surface area (Å²) >= 11 is 3.35. The molecular weight excluding hydrogens is 280 g/mol. The van der Waals surface area contributed by atoms with Crippen molar-refractivity contribution in [3.63, 3.8) is 0 Å². The molecule has 0 spiro atoms. The van der Waals surface area contributed by atoms with Crippen LogP contribution in [0.3, 0.4) is 0 Å². The lowest BCUT2D eigenvalue weighted by atomic mass is 9.98. The molecule has 96 valence electrons. The Kier molecular flexibility index (Phi) is 4.65. The lowest BCUT2D eigenvalue weighted by Gasteiger charge is -2.30. The van der Waals surface area contributed by atoms with Crippen LogP contribution >= 0.6 is 15.9 Å². The first-order chi connectivity index (χ1) is 8.16. The Morgan fingerprint density at radius 1 is 1.59 bits per heavy atom. The largest absolute Gasteiger partial charge is 0.453 e. The molecule has 1 aromatic heterocycles. The first-order valence-corrected chi connectivity index (χ1v) is 7.12. The summed E-state index contributed by atoms with van der Waals surface area (Å²) in [5, 5.41) is 3.47. The van der Waals surface area contributed by atoms with Crippen molar-refractivity contribution in [3.05, 3.63) is 22.6 Å². The fourth-order valence-corrected chi connectivity index (χ4v) is 2.73. The number of hydrogen-bond donors (Lipinski definition) is 1. The van der Waals surface area contributed by atoms with Gasteiger partial charge in [-0.25, -0.2) is 0 Å². The van der Waals surface area contributed by atoms with Crippen molar-refractivity contribution < 1.29 is 4.42 Å². The van der Waals surface area contributed by atoms with Gasteiger partial charge < -0.3 is 9.73 Å².